The molecular weight excluding hydrogens is 292 g/mol. The van der Waals surface area contributed by atoms with Gasteiger partial charge in [-0.1, -0.05) is 29.9 Å². The van der Waals surface area contributed by atoms with Crippen molar-refractivity contribution in [2.24, 2.45) is 5.73 Å². The minimum Gasteiger partial charge on any atom is -0.457 e. The molecule has 5 heteroatoms. The highest BCUT2D eigenvalue weighted by Crippen LogP contribution is 2.28. The van der Waals surface area contributed by atoms with E-state index in [1.165, 1.54) is 0 Å². The average molecular weight is 307 g/mol. The summed E-state index contributed by atoms with van der Waals surface area (Å²) in [6, 6.07) is 13.1. The van der Waals surface area contributed by atoms with Crippen LogP contribution < -0.4 is 15.4 Å². The van der Waals surface area contributed by atoms with Gasteiger partial charge in [0.1, 0.15) is 16.5 Å². The SMILES string of the molecule is CN(C)c1cccc(Oc2ccc(C(N)=S)c(Cl)c2)c1. The Morgan fingerprint density at radius 3 is 2.45 bits per heavy atom. The topological polar surface area (TPSA) is 38.5 Å². The Hall–Kier alpha value is -1.78. The first kappa shape index (κ1) is 14.6. The standard InChI is InChI=1S/C15H15ClN2OS/c1-18(2)10-4-3-5-11(8-10)19-12-6-7-13(15(17)20)14(16)9-12/h3-9H,1-2H3,(H2,17,20). The van der Waals surface area contributed by atoms with E-state index < -0.39 is 0 Å². The third kappa shape index (κ3) is 3.40. The number of nitrogens with zero attached hydrogens (tertiary/aromatic N) is 1. The predicted octanol–water partition coefficient (Wildman–Crippen LogP) is 3.83. The van der Waals surface area contributed by atoms with Crippen LogP contribution in [0.5, 0.6) is 11.5 Å². The first-order valence-corrected chi connectivity index (χ1v) is 6.80. The molecule has 20 heavy (non-hydrogen) atoms. The fraction of sp³-hybridized carbons (Fsp3) is 0.133. The molecule has 104 valence electrons. The smallest absolute Gasteiger partial charge is 0.129 e. The molecular formula is C15H15ClN2OS. The van der Waals surface area contributed by atoms with Crippen LogP contribution >= 0.6 is 23.8 Å². The number of ether oxygens (including phenoxy) is 1. The molecule has 0 aromatic heterocycles. The second-order valence-corrected chi connectivity index (χ2v) is 5.35. The van der Waals surface area contributed by atoms with E-state index in [0.29, 0.717) is 16.3 Å². The van der Waals surface area contributed by atoms with Crippen molar-refractivity contribution in [2.75, 3.05) is 19.0 Å². The molecule has 0 saturated carbocycles. The van der Waals surface area contributed by atoms with Gasteiger partial charge in [-0.25, -0.2) is 0 Å². The number of thiocarbonyl (C=S) groups is 1. The lowest BCUT2D eigenvalue weighted by Gasteiger charge is -2.14. The lowest BCUT2D eigenvalue weighted by atomic mass is 10.2. The number of benzene rings is 2. The second kappa shape index (κ2) is 6.11. The quantitative estimate of drug-likeness (QED) is 0.871. The molecule has 0 radical (unpaired) electrons. The first-order valence-electron chi connectivity index (χ1n) is 6.02. The third-order valence-corrected chi connectivity index (χ3v) is 3.31. The molecule has 0 unspecified atom stereocenters. The molecule has 0 aliphatic carbocycles. The highest BCUT2D eigenvalue weighted by atomic mass is 35.5. The third-order valence-electron chi connectivity index (χ3n) is 2.78. The molecule has 2 N–H and O–H groups in total. The molecule has 0 atom stereocenters. The van der Waals surface area contributed by atoms with Crippen LogP contribution in [0.25, 0.3) is 0 Å². The Labute approximate surface area is 128 Å². The molecule has 0 heterocycles. The summed E-state index contributed by atoms with van der Waals surface area (Å²) in [6.07, 6.45) is 0. The van der Waals surface area contributed by atoms with Gasteiger partial charge in [0.05, 0.1) is 5.02 Å². The summed E-state index contributed by atoms with van der Waals surface area (Å²) in [4.78, 5) is 2.28. The van der Waals surface area contributed by atoms with E-state index in [-0.39, 0.29) is 4.99 Å². The Kier molecular flexibility index (Phi) is 4.47. The normalized spacial score (nSPS) is 10.2. The predicted molar refractivity (Wildman–Crippen MR) is 88.2 cm³/mol. The number of nitrogens with two attached hydrogens (primary N) is 1. The van der Waals surface area contributed by atoms with Gasteiger partial charge in [0.2, 0.25) is 0 Å². The molecule has 0 fully saturated rings. The van der Waals surface area contributed by atoms with Crippen LogP contribution in [0.2, 0.25) is 5.02 Å². The largest absolute Gasteiger partial charge is 0.457 e. The molecule has 0 aliphatic heterocycles. The van der Waals surface area contributed by atoms with Gasteiger partial charge in [-0.15, -0.1) is 0 Å². The summed E-state index contributed by atoms with van der Waals surface area (Å²) in [6.45, 7) is 0. The molecule has 0 spiro atoms. The van der Waals surface area contributed by atoms with Crippen molar-refractivity contribution in [3.05, 3.63) is 53.1 Å². The number of hydrogen-bond acceptors (Lipinski definition) is 3. The van der Waals surface area contributed by atoms with Crippen LogP contribution in [0, 0.1) is 0 Å². The summed E-state index contributed by atoms with van der Waals surface area (Å²) in [5, 5.41) is 0.485. The van der Waals surface area contributed by atoms with Crippen LogP contribution in [0.15, 0.2) is 42.5 Å². The number of rotatable bonds is 4. The first-order chi connectivity index (χ1) is 9.47. The molecule has 2 rings (SSSR count). The van der Waals surface area contributed by atoms with Crippen LogP contribution in [-0.4, -0.2) is 19.1 Å². The van der Waals surface area contributed by atoms with E-state index in [0.717, 1.165) is 11.4 Å². The van der Waals surface area contributed by atoms with Crippen molar-refractivity contribution in [3.63, 3.8) is 0 Å². The molecule has 3 nitrogen and oxygen atoms in total. The van der Waals surface area contributed by atoms with Gasteiger partial charge in [0.25, 0.3) is 0 Å². The van der Waals surface area contributed by atoms with Crippen molar-refractivity contribution in [1.82, 2.24) is 0 Å². The number of halogens is 1. The number of hydrogen-bond donors (Lipinski definition) is 1. The minimum atomic E-state index is 0.274. The summed E-state index contributed by atoms with van der Waals surface area (Å²) >= 11 is 11.0. The molecule has 0 amide bonds. The maximum Gasteiger partial charge on any atom is 0.129 e. The van der Waals surface area contributed by atoms with E-state index in [4.69, 9.17) is 34.3 Å². The van der Waals surface area contributed by atoms with E-state index in [1.807, 2.05) is 43.3 Å². The average Bonchev–Trinajstić information content (AvgIpc) is 2.38. The second-order valence-electron chi connectivity index (χ2n) is 4.50. The van der Waals surface area contributed by atoms with Gasteiger partial charge < -0.3 is 15.4 Å². The zero-order chi connectivity index (χ0) is 14.7. The Morgan fingerprint density at radius 1 is 1.15 bits per heavy atom. The lowest BCUT2D eigenvalue weighted by Crippen LogP contribution is -2.09. The van der Waals surface area contributed by atoms with Crippen LogP contribution in [0.1, 0.15) is 5.56 Å². The van der Waals surface area contributed by atoms with E-state index in [1.54, 1.807) is 18.2 Å². The minimum absolute atomic E-state index is 0.274. The number of anilines is 1. The highest BCUT2D eigenvalue weighted by Gasteiger charge is 2.06. The highest BCUT2D eigenvalue weighted by molar-refractivity contribution is 7.80. The van der Waals surface area contributed by atoms with Gasteiger partial charge in [0, 0.05) is 37.5 Å². The van der Waals surface area contributed by atoms with Gasteiger partial charge in [-0.05, 0) is 24.3 Å². The molecule has 0 aliphatic rings. The maximum absolute atomic E-state index is 6.12. The fourth-order valence-electron chi connectivity index (χ4n) is 1.72. The maximum atomic E-state index is 6.12. The Bertz CT molecular complexity index is 644. The molecule has 0 bridgehead atoms. The fourth-order valence-corrected chi connectivity index (χ4v) is 2.23. The van der Waals surface area contributed by atoms with Crippen molar-refractivity contribution in [3.8, 4) is 11.5 Å². The van der Waals surface area contributed by atoms with E-state index in [2.05, 4.69) is 0 Å². The van der Waals surface area contributed by atoms with Gasteiger partial charge in [-0.3, -0.25) is 0 Å². The molecule has 0 saturated heterocycles. The molecule has 2 aromatic carbocycles. The van der Waals surface area contributed by atoms with Crippen LogP contribution in [0.4, 0.5) is 5.69 Å². The van der Waals surface area contributed by atoms with Crippen molar-refractivity contribution in [2.45, 2.75) is 0 Å². The lowest BCUT2D eigenvalue weighted by molar-refractivity contribution is 0.483. The van der Waals surface area contributed by atoms with Crippen molar-refractivity contribution < 1.29 is 4.74 Å². The summed E-state index contributed by atoms with van der Waals surface area (Å²) in [5.41, 5.74) is 7.28. The van der Waals surface area contributed by atoms with Crippen molar-refractivity contribution >= 4 is 34.5 Å². The van der Waals surface area contributed by atoms with Crippen LogP contribution in [0.3, 0.4) is 0 Å². The van der Waals surface area contributed by atoms with Crippen LogP contribution in [-0.2, 0) is 0 Å². The zero-order valence-electron chi connectivity index (χ0n) is 11.3. The molecule has 2 aromatic rings. The van der Waals surface area contributed by atoms with E-state index in [9.17, 15) is 0 Å². The van der Waals surface area contributed by atoms with E-state index >= 15 is 0 Å². The summed E-state index contributed by atoms with van der Waals surface area (Å²) < 4.78 is 5.79. The summed E-state index contributed by atoms with van der Waals surface area (Å²) in [7, 11) is 3.96. The Balaban J connectivity index is 2.24. The zero-order valence-corrected chi connectivity index (χ0v) is 12.8. The van der Waals surface area contributed by atoms with Gasteiger partial charge in [-0.2, -0.15) is 0 Å². The Morgan fingerprint density at radius 2 is 1.85 bits per heavy atom. The van der Waals surface area contributed by atoms with Gasteiger partial charge in [0.15, 0.2) is 0 Å². The summed E-state index contributed by atoms with van der Waals surface area (Å²) in [5.74, 6) is 1.39. The van der Waals surface area contributed by atoms with Gasteiger partial charge >= 0.3 is 0 Å². The van der Waals surface area contributed by atoms with Crippen molar-refractivity contribution in [1.29, 1.82) is 0 Å². The monoisotopic (exact) mass is 306 g/mol.